The van der Waals surface area contributed by atoms with Crippen LogP contribution < -0.4 is 5.32 Å². The zero-order chi connectivity index (χ0) is 16.2. The Morgan fingerprint density at radius 1 is 1.17 bits per heavy atom. The minimum absolute atomic E-state index is 0.00547. The molecule has 0 aliphatic rings. The molecule has 3 aromatic rings. The predicted octanol–water partition coefficient (Wildman–Crippen LogP) is 3.39. The van der Waals surface area contributed by atoms with Crippen molar-refractivity contribution in [3.8, 4) is 0 Å². The molecule has 0 aliphatic heterocycles. The first-order valence-electron chi connectivity index (χ1n) is 6.69. The fourth-order valence-corrected chi connectivity index (χ4v) is 1.98. The van der Waals surface area contributed by atoms with E-state index in [4.69, 9.17) is 4.42 Å². The van der Waals surface area contributed by atoms with Crippen LogP contribution in [0, 0.1) is 10.1 Å². The number of hydrogen-bond acceptors (Lipinski definition) is 6. The summed E-state index contributed by atoms with van der Waals surface area (Å²) in [7, 11) is 0. The van der Waals surface area contributed by atoms with Crippen LogP contribution >= 0.6 is 0 Å². The lowest BCUT2D eigenvalue weighted by molar-refractivity contribution is -0.384. The molecule has 7 nitrogen and oxygen atoms in total. The van der Waals surface area contributed by atoms with Gasteiger partial charge in [0.1, 0.15) is 5.52 Å². The zero-order valence-corrected chi connectivity index (χ0v) is 11.8. The Balaban J connectivity index is 1.83. The van der Waals surface area contributed by atoms with E-state index in [1.165, 1.54) is 18.3 Å². The van der Waals surface area contributed by atoms with E-state index < -0.39 is 4.92 Å². The lowest BCUT2D eigenvalue weighted by atomic mass is 10.2. The molecule has 0 bridgehead atoms. The highest BCUT2D eigenvalue weighted by molar-refractivity contribution is 6.06. The van der Waals surface area contributed by atoms with Gasteiger partial charge in [-0.15, -0.1) is 0 Å². The number of carbonyl (C=O) groups excluding carboxylic acids is 1. The third-order valence-electron chi connectivity index (χ3n) is 3.14. The highest BCUT2D eigenvalue weighted by Crippen LogP contribution is 2.20. The van der Waals surface area contributed by atoms with Crippen LogP contribution in [0.15, 0.2) is 59.1 Å². The summed E-state index contributed by atoms with van der Waals surface area (Å²) in [5.74, 6) is 0.204. The van der Waals surface area contributed by atoms with Crippen molar-refractivity contribution in [2.24, 2.45) is 0 Å². The summed E-state index contributed by atoms with van der Waals surface area (Å²) in [6, 6.07) is 13.0. The molecule has 23 heavy (non-hydrogen) atoms. The van der Waals surface area contributed by atoms with Crippen molar-refractivity contribution in [3.05, 3.63) is 70.7 Å². The maximum absolute atomic E-state index is 11.2. The van der Waals surface area contributed by atoms with Gasteiger partial charge in [-0.3, -0.25) is 14.9 Å². The standard InChI is InChI=1S/C16H11N3O4/c20-10-11(16-18-14-3-1-2-4-15(14)23-16)9-17-12-5-7-13(8-6-12)19(21)22/h1-10,17H/b11-9+. The van der Waals surface area contributed by atoms with Gasteiger partial charge in [-0.05, 0) is 24.3 Å². The first-order valence-corrected chi connectivity index (χ1v) is 6.69. The van der Waals surface area contributed by atoms with E-state index in [2.05, 4.69) is 10.3 Å². The van der Waals surface area contributed by atoms with E-state index in [0.717, 1.165) is 0 Å². The first-order chi connectivity index (χ1) is 11.2. The molecule has 7 heteroatoms. The van der Waals surface area contributed by atoms with Crippen molar-refractivity contribution in [1.82, 2.24) is 4.98 Å². The Morgan fingerprint density at radius 3 is 2.57 bits per heavy atom. The number of nitrogens with one attached hydrogen (secondary N) is 1. The average molecular weight is 309 g/mol. The van der Waals surface area contributed by atoms with Crippen LogP contribution in [0.25, 0.3) is 16.7 Å². The topological polar surface area (TPSA) is 98.3 Å². The van der Waals surface area contributed by atoms with Crippen molar-refractivity contribution >= 4 is 34.3 Å². The van der Waals surface area contributed by atoms with Crippen molar-refractivity contribution in [3.63, 3.8) is 0 Å². The van der Waals surface area contributed by atoms with E-state index in [9.17, 15) is 14.9 Å². The number of rotatable bonds is 5. The summed E-state index contributed by atoms with van der Waals surface area (Å²) < 4.78 is 5.52. The molecule has 0 spiro atoms. The molecule has 1 aromatic heterocycles. The Morgan fingerprint density at radius 2 is 1.91 bits per heavy atom. The van der Waals surface area contributed by atoms with Crippen LogP contribution in [0.2, 0.25) is 0 Å². The van der Waals surface area contributed by atoms with Gasteiger partial charge in [0.15, 0.2) is 11.9 Å². The molecule has 1 N–H and O–H groups in total. The Labute approximate surface area is 130 Å². The SMILES string of the molecule is O=C/C(=C\Nc1ccc([N+](=O)[O-])cc1)c1nc2ccccc2o1. The molecule has 0 aliphatic carbocycles. The van der Waals surface area contributed by atoms with Gasteiger partial charge in [0.05, 0.1) is 10.5 Å². The quantitative estimate of drug-likeness (QED) is 0.336. The number of nitro groups is 1. The normalized spacial score (nSPS) is 11.4. The second-order valence-corrected chi connectivity index (χ2v) is 4.65. The lowest BCUT2D eigenvalue weighted by Gasteiger charge is -2.01. The average Bonchev–Trinajstić information content (AvgIpc) is 2.99. The molecular weight excluding hydrogens is 298 g/mol. The fraction of sp³-hybridized carbons (Fsp3) is 0. The number of nitro benzene ring substituents is 1. The van der Waals surface area contributed by atoms with Gasteiger partial charge < -0.3 is 9.73 Å². The maximum atomic E-state index is 11.2. The molecular formula is C16H11N3O4. The summed E-state index contributed by atoms with van der Waals surface area (Å²) in [6.07, 6.45) is 2.07. The van der Waals surface area contributed by atoms with Gasteiger partial charge in [-0.25, -0.2) is 4.98 Å². The molecule has 2 aromatic carbocycles. The van der Waals surface area contributed by atoms with E-state index in [-0.39, 0.29) is 17.2 Å². The molecule has 3 rings (SSSR count). The minimum atomic E-state index is -0.477. The first kappa shape index (κ1) is 14.5. The highest BCUT2D eigenvalue weighted by atomic mass is 16.6. The monoisotopic (exact) mass is 309 g/mol. The molecule has 0 fully saturated rings. The van der Waals surface area contributed by atoms with Crippen molar-refractivity contribution in [1.29, 1.82) is 0 Å². The number of nitrogens with zero attached hydrogens (tertiary/aromatic N) is 2. The van der Waals surface area contributed by atoms with Crippen LogP contribution in [0.5, 0.6) is 0 Å². The third kappa shape index (κ3) is 3.08. The summed E-state index contributed by atoms with van der Waals surface area (Å²) in [4.78, 5) is 25.6. The number of allylic oxidation sites excluding steroid dienone is 1. The van der Waals surface area contributed by atoms with E-state index in [0.29, 0.717) is 23.1 Å². The molecule has 0 saturated heterocycles. The number of hydrogen-bond donors (Lipinski definition) is 1. The van der Waals surface area contributed by atoms with E-state index in [1.54, 1.807) is 24.3 Å². The number of para-hydroxylation sites is 2. The Hall–Kier alpha value is -3.48. The lowest BCUT2D eigenvalue weighted by Crippen LogP contribution is -1.94. The second kappa shape index (κ2) is 6.10. The zero-order valence-electron chi connectivity index (χ0n) is 11.8. The summed E-state index contributed by atoms with van der Waals surface area (Å²) in [5, 5.41) is 13.5. The largest absolute Gasteiger partial charge is 0.436 e. The number of anilines is 1. The summed E-state index contributed by atoms with van der Waals surface area (Å²) >= 11 is 0. The van der Waals surface area contributed by atoms with Crippen LogP contribution in [0.1, 0.15) is 5.89 Å². The number of oxazole rings is 1. The van der Waals surface area contributed by atoms with Crippen LogP contribution in [-0.2, 0) is 4.79 Å². The van der Waals surface area contributed by atoms with Crippen molar-refractivity contribution in [2.45, 2.75) is 0 Å². The van der Waals surface area contributed by atoms with E-state index in [1.807, 2.05) is 12.1 Å². The predicted molar refractivity (Wildman–Crippen MR) is 84.8 cm³/mol. The summed E-state index contributed by atoms with van der Waals surface area (Å²) in [6.45, 7) is 0. The Bertz CT molecular complexity index is 864. The molecule has 0 saturated carbocycles. The molecule has 0 atom stereocenters. The number of non-ortho nitro benzene ring substituents is 1. The second-order valence-electron chi connectivity index (χ2n) is 4.65. The number of carbonyl (C=O) groups is 1. The highest BCUT2D eigenvalue weighted by Gasteiger charge is 2.10. The summed E-state index contributed by atoms with van der Waals surface area (Å²) in [5.41, 5.74) is 2.08. The molecule has 1 heterocycles. The number of benzene rings is 2. The van der Waals surface area contributed by atoms with Gasteiger partial charge in [0.2, 0.25) is 5.89 Å². The van der Waals surface area contributed by atoms with Gasteiger partial charge in [-0.2, -0.15) is 0 Å². The van der Waals surface area contributed by atoms with Crippen LogP contribution in [0.3, 0.4) is 0 Å². The van der Waals surface area contributed by atoms with E-state index >= 15 is 0 Å². The minimum Gasteiger partial charge on any atom is -0.436 e. The van der Waals surface area contributed by atoms with Gasteiger partial charge in [0, 0.05) is 24.0 Å². The molecule has 0 radical (unpaired) electrons. The Kier molecular flexibility index (Phi) is 3.84. The van der Waals surface area contributed by atoms with Crippen molar-refractivity contribution < 1.29 is 14.1 Å². The number of aromatic nitrogens is 1. The number of aldehydes is 1. The molecule has 0 amide bonds. The third-order valence-corrected chi connectivity index (χ3v) is 3.14. The fourth-order valence-electron chi connectivity index (χ4n) is 1.98. The van der Waals surface area contributed by atoms with Crippen LogP contribution in [-0.4, -0.2) is 16.2 Å². The van der Waals surface area contributed by atoms with Crippen LogP contribution in [0.4, 0.5) is 11.4 Å². The van der Waals surface area contributed by atoms with Crippen molar-refractivity contribution in [2.75, 3.05) is 5.32 Å². The smallest absolute Gasteiger partial charge is 0.269 e. The van der Waals surface area contributed by atoms with Gasteiger partial charge in [0.25, 0.3) is 5.69 Å². The number of fused-ring (bicyclic) bond motifs is 1. The van der Waals surface area contributed by atoms with Gasteiger partial charge >= 0.3 is 0 Å². The van der Waals surface area contributed by atoms with Gasteiger partial charge in [-0.1, -0.05) is 12.1 Å². The molecule has 114 valence electrons. The maximum Gasteiger partial charge on any atom is 0.269 e. The molecule has 0 unspecified atom stereocenters.